The molecule has 8 atom stereocenters. The van der Waals surface area contributed by atoms with Crippen LogP contribution in [0.4, 0.5) is 0 Å². The Morgan fingerprint density at radius 1 is 1.24 bits per heavy atom. The summed E-state index contributed by atoms with van der Waals surface area (Å²) in [7, 11) is 0. The van der Waals surface area contributed by atoms with Crippen LogP contribution in [-0.4, -0.2) is 62.2 Å². The van der Waals surface area contributed by atoms with Crippen molar-refractivity contribution in [2.45, 2.75) is 89.0 Å². The van der Waals surface area contributed by atoms with Crippen molar-refractivity contribution in [3.63, 3.8) is 0 Å². The molecule has 0 amide bonds. The van der Waals surface area contributed by atoms with E-state index in [0.29, 0.717) is 12.8 Å². The molecule has 0 aromatic carbocycles. The molecule has 3 aliphatic rings. The van der Waals surface area contributed by atoms with Crippen LogP contribution in [0, 0.1) is 16.7 Å². The number of furan rings is 1. The highest BCUT2D eigenvalue weighted by Gasteiger charge is 2.81. The number of ketones is 1. The lowest BCUT2D eigenvalue weighted by Gasteiger charge is -2.71. The van der Waals surface area contributed by atoms with Crippen molar-refractivity contribution in [2.24, 2.45) is 16.7 Å². The Kier molecular flexibility index (Phi) is 5.30. The van der Waals surface area contributed by atoms with Gasteiger partial charge in [-0.3, -0.25) is 4.79 Å². The molecule has 1 aromatic rings. The van der Waals surface area contributed by atoms with Crippen molar-refractivity contribution in [1.82, 2.24) is 0 Å². The lowest BCUT2D eigenvalue weighted by atomic mass is 9.40. The second-order valence-electron chi connectivity index (χ2n) is 11.1. The Morgan fingerprint density at radius 2 is 1.91 bits per heavy atom. The number of hydrogen-bond donors (Lipinski definition) is 3. The first-order valence-corrected chi connectivity index (χ1v) is 11.4. The van der Waals surface area contributed by atoms with Gasteiger partial charge in [0.25, 0.3) is 0 Å². The van der Waals surface area contributed by atoms with Crippen molar-refractivity contribution in [2.75, 3.05) is 0 Å². The summed E-state index contributed by atoms with van der Waals surface area (Å²) in [6, 6.07) is 2.95. The van der Waals surface area contributed by atoms with Crippen LogP contribution in [0.1, 0.15) is 64.4 Å². The van der Waals surface area contributed by atoms with Gasteiger partial charge in [-0.2, -0.15) is 0 Å². The smallest absolute Gasteiger partial charge is 0.374 e. The monoisotopic (exact) mass is 462 g/mol. The Hall–Kier alpha value is -2.00. The number of esters is 1. The third-order valence-electron chi connectivity index (χ3n) is 8.68. The summed E-state index contributed by atoms with van der Waals surface area (Å²) in [5.41, 5.74) is -7.36. The first-order chi connectivity index (χ1) is 15.2. The van der Waals surface area contributed by atoms with Crippen LogP contribution in [0.15, 0.2) is 35.5 Å². The topological polar surface area (TPSA) is 126 Å². The van der Waals surface area contributed by atoms with E-state index in [9.17, 15) is 24.9 Å². The number of rotatable bonds is 3. The summed E-state index contributed by atoms with van der Waals surface area (Å²) in [6.45, 7) is 12.4. The maximum atomic E-state index is 13.8. The van der Waals surface area contributed by atoms with Gasteiger partial charge in [-0.15, -0.1) is 6.58 Å². The van der Waals surface area contributed by atoms with Crippen LogP contribution in [0.25, 0.3) is 0 Å². The van der Waals surface area contributed by atoms with E-state index in [4.69, 9.17) is 13.9 Å². The molecular weight excluding hydrogens is 428 g/mol. The fourth-order valence-electron chi connectivity index (χ4n) is 7.05. The largest absolute Gasteiger partial charge is 0.457 e. The van der Waals surface area contributed by atoms with E-state index >= 15 is 0 Å². The number of carbonyl (C=O) groups is 2. The van der Waals surface area contributed by atoms with Gasteiger partial charge >= 0.3 is 5.97 Å². The predicted molar refractivity (Wildman–Crippen MR) is 117 cm³/mol. The van der Waals surface area contributed by atoms with Gasteiger partial charge in [0, 0.05) is 17.8 Å². The van der Waals surface area contributed by atoms with E-state index < -0.39 is 63.6 Å². The van der Waals surface area contributed by atoms with E-state index in [1.165, 1.54) is 31.4 Å². The second kappa shape index (κ2) is 7.25. The highest BCUT2D eigenvalue weighted by Crippen LogP contribution is 2.67. The van der Waals surface area contributed by atoms with E-state index in [1.807, 2.05) is 13.8 Å². The molecule has 2 heterocycles. The van der Waals surface area contributed by atoms with Crippen molar-refractivity contribution in [3.05, 3.63) is 36.8 Å². The number of aliphatic hydroxyl groups excluding tert-OH is 2. The van der Waals surface area contributed by atoms with Gasteiger partial charge in [-0.05, 0) is 44.2 Å². The summed E-state index contributed by atoms with van der Waals surface area (Å²) in [5.74, 6) is -2.26. The average Bonchev–Trinajstić information content (AvgIpc) is 3.26. The fourth-order valence-corrected chi connectivity index (χ4v) is 7.05. The summed E-state index contributed by atoms with van der Waals surface area (Å²) in [5, 5.41) is 35.3. The first kappa shape index (κ1) is 24.1. The Balaban J connectivity index is 1.94. The van der Waals surface area contributed by atoms with Gasteiger partial charge in [0.05, 0.1) is 24.1 Å². The van der Waals surface area contributed by atoms with E-state index in [1.54, 1.807) is 13.8 Å². The normalized spacial score (nSPS) is 46.7. The zero-order valence-corrected chi connectivity index (χ0v) is 19.8. The molecule has 8 heteroatoms. The SMILES string of the molecule is C=C[C@@]1(C)CC(=O)[C@]2(O)[C@@]3(C)[C@@H](O)CCC(C)(C)[C@@H]3[C@H](O)[C@H](OC(=O)c3ccco3)[C@@]2(C)O1. The predicted octanol–water partition coefficient (Wildman–Crippen LogP) is 2.41. The average molecular weight is 463 g/mol. The van der Waals surface area contributed by atoms with Crippen molar-refractivity contribution >= 4 is 11.8 Å². The number of fused-ring (bicyclic) bond motifs is 3. The molecule has 33 heavy (non-hydrogen) atoms. The maximum absolute atomic E-state index is 13.8. The molecule has 2 saturated carbocycles. The molecule has 182 valence electrons. The molecule has 0 spiro atoms. The van der Waals surface area contributed by atoms with Crippen LogP contribution in [0.3, 0.4) is 0 Å². The quantitative estimate of drug-likeness (QED) is 0.462. The van der Waals surface area contributed by atoms with Crippen molar-refractivity contribution in [3.8, 4) is 0 Å². The van der Waals surface area contributed by atoms with Crippen LogP contribution in [0.2, 0.25) is 0 Å². The van der Waals surface area contributed by atoms with E-state index in [0.717, 1.165) is 0 Å². The third-order valence-corrected chi connectivity index (χ3v) is 8.68. The van der Waals surface area contributed by atoms with Gasteiger partial charge in [0.1, 0.15) is 5.60 Å². The van der Waals surface area contributed by atoms with Gasteiger partial charge in [0.15, 0.2) is 17.5 Å². The van der Waals surface area contributed by atoms with Gasteiger partial charge in [-0.25, -0.2) is 4.79 Å². The van der Waals surface area contributed by atoms with Crippen LogP contribution < -0.4 is 0 Å². The molecule has 8 nitrogen and oxygen atoms in total. The molecule has 0 bridgehead atoms. The Labute approximate surface area is 193 Å². The minimum Gasteiger partial charge on any atom is -0.457 e. The molecule has 0 radical (unpaired) electrons. The van der Waals surface area contributed by atoms with Gasteiger partial charge in [-0.1, -0.05) is 26.8 Å². The highest BCUT2D eigenvalue weighted by atomic mass is 16.6. The molecular formula is C25H34O8. The Morgan fingerprint density at radius 3 is 2.48 bits per heavy atom. The minimum absolute atomic E-state index is 0.0840. The van der Waals surface area contributed by atoms with Crippen LogP contribution >= 0.6 is 0 Å². The summed E-state index contributed by atoms with van der Waals surface area (Å²) in [4.78, 5) is 26.7. The number of hydrogen-bond acceptors (Lipinski definition) is 8. The third kappa shape index (κ3) is 2.97. The molecule has 1 aromatic heterocycles. The lowest BCUT2D eigenvalue weighted by Crippen LogP contribution is -2.86. The molecule has 1 saturated heterocycles. The number of Topliss-reactive ketones (excluding diaryl/α,β-unsaturated/α-hetero) is 1. The van der Waals surface area contributed by atoms with Gasteiger partial charge < -0.3 is 29.2 Å². The second-order valence-corrected chi connectivity index (χ2v) is 11.1. The van der Waals surface area contributed by atoms with Crippen LogP contribution in [-0.2, 0) is 14.3 Å². The molecule has 1 aliphatic heterocycles. The fraction of sp³-hybridized carbons (Fsp3) is 0.680. The van der Waals surface area contributed by atoms with Crippen LogP contribution in [0.5, 0.6) is 0 Å². The van der Waals surface area contributed by atoms with Crippen molar-refractivity contribution in [1.29, 1.82) is 0 Å². The first-order valence-electron chi connectivity index (χ1n) is 11.4. The number of aliphatic hydroxyl groups is 3. The maximum Gasteiger partial charge on any atom is 0.374 e. The zero-order chi connectivity index (χ0) is 24.6. The molecule has 3 fully saturated rings. The van der Waals surface area contributed by atoms with E-state index in [-0.39, 0.29) is 12.2 Å². The molecule has 0 unspecified atom stereocenters. The Bertz CT molecular complexity index is 969. The molecule has 4 rings (SSSR count). The zero-order valence-electron chi connectivity index (χ0n) is 19.8. The number of ether oxygens (including phenoxy) is 2. The molecule has 3 N–H and O–H groups in total. The number of carbonyl (C=O) groups excluding carboxylic acids is 2. The summed E-state index contributed by atoms with van der Waals surface area (Å²) >= 11 is 0. The molecule has 2 aliphatic carbocycles. The van der Waals surface area contributed by atoms with E-state index in [2.05, 4.69) is 6.58 Å². The van der Waals surface area contributed by atoms with Crippen molar-refractivity contribution < 1.29 is 38.8 Å². The highest BCUT2D eigenvalue weighted by molar-refractivity contribution is 5.93. The standard InChI is InChI=1S/C25H34O8/c1-7-22(4)13-16(27)25(30)23(5)15(26)10-11-21(2,3)18(23)17(28)19(24(25,6)33-22)32-20(29)14-9-8-12-31-14/h7-9,12,15,17-19,26,28,30H,1,10-11,13H2,2-6H3/t15-,17-,18-,19-,22-,23-,24+,25-/m0/s1. The minimum atomic E-state index is -2.25. The lowest BCUT2D eigenvalue weighted by molar-refractivity contribution is -0.369. The van der Waals surface area contributed by atoms with Gasteiger partial charge in [0.2, 0.25) is 5.76 Å². The summed E-state index contributed by atoms with van der Waals surface area (Å²) < 4.78 is 17.3. The summed E-state index contributed by atoms with van der Waals surface area (Å²) in [6.07, 6.45) is -0.355.